The van der Waals surface area contributed by atoms with Gasteiger partial charge in [-0.3, -0.25) is 4.79 Å². The average molecular weight is 391 g/mol. The van der Waals surface area contributed by atoms with Crippen molar-refractivity contribution in [3.05, 3.63) is 57.0 Å². The fourth-order valence-corrected chi connectivity index (χ4v) is 3.50. The van der Waals surface area contributed by atoms with E-state index in [1.807, 2.05) is 48.7 Å². The number of hydrogen-bond donors (Lipinski definition) is 1. The summed E-state index contributed by atoms with van der Waals surface area (Å²) in [6.07, 6.45) is 0. The van der Waals surface area contributed by atoms with Crippen LogP contribution in [-0.2, 0) is 11.3 Å². The first-order valence-electron chi connectivity index (χ1n) is 7.11. The molecule has 1 aromatic heterocycles. The Kier molecular flexibility index (Phi) is 4.93. The standard InChI is InChI=1S/C17H15BrN2O2S/c1-11-10-23-16(20-11)8-19-15(21)9-22-14-7-6-12-4-2-3-5-13(12)17(14)18/h2-7,10H,8-9H2,1H3,(H,19,21). The number of thiazole rings is 1. The zero-order valence-electron chi connectivity index (χ0n) is 12.5. The average Bonchev–Trinajstić information content (AvgIpc) is 2.98. The normalized spacial score (nSPS) is 10.7. The van der Waals surface area contributed by atoms with Gasteiger partial charge in [-0.25, -0.2) is 4.98 Å². The smallest absolute Gasteiger partial charge is 0.258 e. The molecule has 1 N–H and O–H groups in total. The number of aromatic nitrogens is 1. The number of amides is 1. The molecule has 6 heteroatoms. The molecule has 0 spiro atoms. The van der Waals surface area contributed by atoms with Crippen LogP contribution in [0.5, 0.6) is 5.75 Å². The largest absolute Gasteiger partial charge is 0.483 e. The maximum absolute atomic E-state index is 11.9. The molecule has 3 aromatic rings. The van der Waals surface area contributed by atoms with Crippen molar-refractivity contribution in [3.63, 3.8) is 0 Å². The van der Waals surface area contributed by atoms with Gasteiger partial charge in [-0.2, -0.15) is 0 Å². The lowest BCUT2D eigenvalue weighted by Gasteiger charge is -2.10. The Labute approximate surface area is 146 Å². The van der Waals surface area contributed by atoms with E-state index >= 15 is 0 Å². The van der Waals surface area contributed by atoms with Gasteiger partial charge >= 0.3 is 0 Å². The number of halogens is 1. The van der Waals surface area contributed by atoms with Gasteiger partial charge in [0.1, 0.15) is 10.8 Å². The molecule has 23 heavy (non-hydrogen) atoms. The van der Waals surface area contributed by atoms with Crippen molar-refractivity contribution in [1.82, 2.24) is 10.3 Å². The van der Waals surface area contributed by atoms with E-state index in [0.717, 1.165) is 25.9 Å². The Morgan fingerprint density at radius 3 is 2.91 bits per heavy atom. The Morgan fingerprint density at radius 1 is 1.30 bits per heavy atom. The number of rotatable bonds is 5. The van der Waals surface area contributed by atoms with Gasteiger partial charge in [0.15, 0.2) is 6.61 Å². The molecule has 0 saturated carbocycles. The van der Waals surface area contributed by atoms with E-state index in [9.17, 15) is 4.79 Å². The molecule has 0 bridgehead atoms. The van der Waals surface area contributed by atoms with Crippen molar-refractivity contribution in [2.24, 2.45) is 0 Å². The van der Waals surface area contributed by atoms with E-state index in [2.05, 4.69) is 26.2 Å². The summed E-state index contributed by atoms with van der Waals surface area (Å²) in [6, 6.07) is 11.8. The Balaban J connectivity index is 1.59. The van der Waals surface area contributed by atoms with E-state index in [1.54, 1.807) is 0 Å². The van der Waals surface area contributed by atoms with Gasteiger partial charge in [-0.1, -0.05) is 30.3 Å². The number of ether oxygens (including phenoxy) is 1. The molecule has 0 saturated heterocycles. The highest BCUT2D eigenvalue weighted by Gasteiger charge is 2.09. The molecule has 0 aliphatic heterocycles. The number of hydrogen-bond acceptors (Lipinski definition) is 4. The lowest BCUT2D eigenvalue weighted by Crippen LogP contribution is -2.28. The minimum atomic E-state index is -0.169. The molecule has 0 aliphatic carbocycles. The number of aryl methyl sites for hydroxylation is 1. The summed E-state index contributed by atoms with van der Waals surface area (Å²) in [4.78, 5) is 16.2. The van der Waals surface area contributed by atoms with E-state index < -0.39 is 0 Å². The van der Waals surface area contributed by atoms with Gasteiger partial charge in [0, 0.05) is 11.1 Å². The first kappa shape index (κ1) is 16.0. The highest BCUT2D eigenvalue weighted by Crippen LogP contribution is 2.32. The molecule has 1 amide bonds. The zero-order valence-corrected chi connectivity index (χ0v) is 14.9. The Morgan fingerprint density at radius 2 is 2.13 bits per heavy atom. The van der Waals surface area contributed by atoms with Crippen LogP contribution in [0, 0.1) is 6.92 Å². The van der Waals surface area contributed by atoms with Crippen molar-refractivity contribution < 1.29 is 9.53 Å². The van der Waals surface area contributed by atoms with Crippen molar-refractivity contribution in [3.8, 4) is 5.75 Å². The molecule has 1 heterocycles. The molecule has 0 fully saturated rings. The zero-order chi connectivity index (χ0) is 16.2. The minimum absolute atomic E-state index is 0.0265. The topological polar surface area (TPSA) is 51.2 Å². The molecule has 0 atom stereocenters. The fourth-order valence-electron chi connectivity index (χ4n) is 2.18. The summed E-state index contributed by atoms with van der Waals surface area (Å²) in [5, 5.41) is 7.84. The van der Waals surface area contributed by atoms with Gasteiger partial charge in [-0.15, -0.1) is 11.3 Å². The van der Waals surface area contributed by atoms with Crippen LogP contribution >= 0.6 is 27.3 Å². The van der Waals surface area contributed by atoms with E-state index in [-0.39, 0.29) is 12.5 Å². The van der Waals surface area contributed by atoms with Crippen molar-refractivity contribution >= 4 is 43.9 Å². The van der Waals surface area contributed by atoms with E-state index in [1.165, 1.54) is 11.3 Å². The summed E-state index contributed by atoms with van der Waals surface area (Å²) >= 11 is 5.08. The van der Waals surface area contributed by atoms with Crippen LogP contribution in [0.2, 0.25) is 0 Å². The van der Waals surface area contributed by atoms with Crippen LogP contribution in [-0.4, -0.2) is 17.5 Å². The number of nitrogens with one attached hydrogen (secondary N) is 1. The predicted octanol–water partition coefficient (Wildman–Crippen LogP) is 4.06. The number of carbonyl (C=O) groups excluding carboxylic acids is 1. The molecular formula is C17H15BrN2O2S. The van der Waals surface area contributed by atoms with Gasteiger partial charge in [0.2, 0.25) is 0 Å². The first-order valence-corrected chi connectivity index (χ1v) is 8.78. The van der Waals surface area contributed by atoms with Crippen molar-refractivity contribution in [1.29, 1.82) is 0 Å². The van der Waals surface area contributed by atoms with Crippen LogP contribution in [0.1, 0.15) is 10.7 Å². The van der Waals surface area contributed by atoms with Crippen LogP contribution in [0.25, 0.3) is 10.8 Å². The molecule has 0 aliphatic rings. The summed E-state index contributed by atoms with van der Waals surface area (Å²) < 4.78 is 6.48. The highest BCUT2D eigenvalue weighted by atomic mass is 79.9. The number of benzene rings is 2. The monoisotopic (exact) mass is 390 g/mol. The molecule has 2 aromatic carbocycles. The van der Waals surface area contributed by atoms with E-state index in [0.29, 0.717) is 12.3 Å². The minimum Gasteiger partial charge on any atom is -0.483 e. The number of fused-ring (bicyclic) bond motifs is 1. The SMILES string of the molecule is Cc1csc(CNC(=O)COc2ccc3ccccc3c2Br)n1. The Hall–Kier alpha value is -1.92. The van der Waals surface area contributed by atoms with Crippen LogP contribution < -0.4 is 10.1 Å². The van der Waals surface area contributed by atoms with Crippen LogP contribution in [0.15, 0.2) is 46.3 Å². The summed E-state index contributed by atoms with van der Waals surface area (Å²) in [6.45, 7) is 2.34. The van der Waals surface area contributed by atoms with Gasteiger partial charge in [0.25, 0.3) is 5.91 Å². The van der Waals surface area contributed by atoms with E-state index in [4.69, 9.17) is 4.74 Å². The summed E-state index contributed by atoms with van der Waals surface area (Å²) in [5.41, 5.74) is 0.968. The summed E-state index contributed by atoms with van der Waals surface area (Å²) in [7, 11) is 0. The Bertz CT molecular complexity index is 847. The molecule has 0 radical (unpaired) electrons. The van der Waals surface area contributed by atoms with Crippen molar-refractivity contribution in [2.75, 3.05) is 6.61 Å². The second-order valence-corrected chi connectivity index (χ2v) is 6.78. The molecule has 3 rings (SSSR count). The fraction of sp³-hybridized carbons (Fsp3) is 0.176. The quantitative estimate of drug-likeness (QED) is 0.714. The predicted molar refractivity (Wildman–Crippen MR) is 95.8 cm³/mol. The number of nitrogens with zero attached hydrogens (tertiary/aromatic N) is 1. The van der Waals surface area contributed by atoms with Gasteiger partial charge < -0.3 is 10.1 Å². The van der Waals surface area contributed by atoms with Gasteiger partial charge in [0.05, 0.1) is 11.0 Å². The molecule has 4 nitrogen and oxygen atoms in total. The lowest BCUT2D eigenvalue weighted by molar-refractivity contribution is -0.123. The van der Waals surface area contributed by atoms with Crippen LogP contribution in [0.4, 0.5) is 0 Å². The molecular weight excluding hydrogens is 376 g/mol. The second-order valence-electron chi connectivity index (χ2n) is 5.05. The lowest BCUT2D eigenvalue weighted by atomic mass is 10.1. The first-order chi connectivity index (χ1) is 11.1. The van der Waals surface area contributed by atoms with Crippen LogP contribution in [0.3, 0.4) is 0 Å². The third kappa shape index (κ3) is 3.89. The maximum Gasteiger partial charge on any atom is 0.258 e. The third-order valence-electron chi connectivity index (χ3n) is 3.29. The maximum atomic E-state index is 11.9. The number of carbonyl (C=O) groups is 1. The second kappa shape index (κ2) is 7.10. The van der Waals surface area contributed by atoms with Gasteiger partial charge in [-0.05, 0) is 39.7 Å². The third-order valence-corrected chi connectivity index (χ3v) is 5.07. The van der Waals surface area contributed by atoms with Crippen molar-refractivity contribution in [2.45, 2.75) is 13.5 Å². The summed E-state index contributed by atoms with van der Waals surface area (Å²) in [5.74, 6) is 0.488. The highest BCUT2D eigenvalue weighted by molar-refractivity contribution is 9.10. The molecule has 0 unspecified atom stereocenters. The molecule has 118 valence electrons.